The molecule has 0 amide bonds. The second kappa shape index (κ2) is 5.65. The average Bonchev–Trinajstić information content (AvgIpc) is 2.81. The molecule has 0 spiro atoms. The third kappa shape index (κ3) is 3.00. The highest BCUT2D eigenvalue weighted by atomic mass is 32.2. The lowest BCUT2D eigenvalue weighted by atomic mass is 10.2. The lowest BCUT2D eigenvalue weighted by molar-refractivity contribution is 0.185. The van der Waals surface area contributed by atoms with Gasteiger partial charge < -0.3 is 4.74 Å². The lowest BCUT2D eigenvalue weighted by Crippen LogP contribution is -2.20. The Hall–Kier alpha value is -1.84. The van der Waals surface area contributed by atoms with Crippen LogP contribution in [0.1, 0.15) is 0 Å². The number of nitrogens with zero attached hydrogens (tertiary/aromatic N) is 3. The predicted octanol–water partition coefficient (Wildman–Crippen LogP) is 0.378. The van der Waals surface area contributed by atoms with E-state index >= 15 is 0 Å². The Morgan fingerprint density at radius 2 is 1.95 bits per heavy atom. The number of ether oxygens (including phenoxy) is 1. The number of benzene rings is 1. The molecule has 0 radical (unpaired) electrons. The molecule has 1 aromatic carbocycles. The number of primary sulfonamides is 1. The van der Waals surface area contributed by atoms with E-state index in [1.807, 2.05) is 0 Å². The molecule has 0 bridgehead atoms. The normalized spacial score (nSPS) is 11.8. The maximum atomic E-state index is 12.9. The van der Waals surface area contributed by atoms with Crippen molar-refractivity contribution in [2.75, 3.05) is 13.7 Å². The third-order valence-electron chi connectivity index (χ3n) is 2.59. The summed E-state index contributed by atoms with van der Waals surface area (Å²) in [6.45, 7) is 0.469. The van der Waals surface area contributed by atoms with E-state index in [4.69, 9.17) is 9.88 Å². The van der Waals surface area contributed by atoms with Crippen LogP contribution in [0.3, 0.4) is 0 Å². The molecule has 0 aliphatic carbocycles. The first-order valence-electron chi connectivity index (χ1n) is 5.64. The van der Waals surface area contributed by atoms with Crippen LogP contribution < -0.4 is 5.14 Å². The van der Waals surface area contributed by atoms with Gasteiger partial charge in [0, 0.05) is 12.7 Å². The van der Waals surface area contributed by atoms with E-state index in [1.54, 1.807) is 0 Å². The molecule has 0 atom stereocenters. The molecule has 7 nitrogen and oxygen atoms in total. The van der Waals surface area contributed by atoms with Gasteiger partial charge in [-0.25, -0.2) is 17.9 Å². The molecule has 2 N–H and O–H groups in total. The van der Waals surface area contributed by atoms with Crippen molar-refractivity contribution in [1.29, 1.82) is 0 Å². The van der Waals surface area contributed by atoms with E-state index in [-0.39, 0.29) is 24.1 Å². The van der Waals surface area contributed by atoms with Crippen molar-refractivity contribution < 1.29 is 17.5 Å². The number of rotatable bonds is 5. The highest BCUT2D eigenvalue weighted by Crippen LogP contribution is 2.20. The molecule has 0 aliphatic rings. The molecule has 108 valence electrons. The van der Waals surface area contributed by atoms with Gasteiger partial charge in [-0.15, -0.1) is 10.2 Å². The summed E-state index contributed by atoms with van der Waals surface area (Å²) >= 11 is 0. The van der Waals surface area contributed by atoms with Gasteiger partial charge in [-0.3, -0.25) is 4.57 Å². The van der Waals surface area contributed by atoms with Crippen LogP contribution in [0.2, 0.25) is 0 Å². The molecule has 1 aromatic heterocycles. The largest absolute Gasteiger partial charge is 0.383 e. The molecule has 2 rings (SSSR count). The number of hydrogen-bond acceptors (Lipinski definition) is 5. The van der Waals surface area contributed by atoms with Gasteiger partial charge in [-0.2, -0.15) is 0 Å². The quantitative estimate of drug-likeness (QED) is 0.860. The zero-order valence-corrected chi connectivity index (χ0v) is 11.5. The fourth-order valence-electron chi connectivity index (χ4n) is 1.70. The molecular weight excluding hydrogens is 287 g/mol. The number of nitrogens with two attached hydrogens (primary N) is 1. The summed E-state index contributed by atoms with van der Waals surface area (Å²) in [5.74, 6) is -0.116. The van der Waals surface area contributed by atoms with E-state index in [0.717, 1.165) is 0 Å². The van der Waals surface area contributed by atoms with Gasteiger partial charge in [0.05, 0.1) is 13.2 Å². The first kappa shape index (κ1) is 14.6. The van der Waals surface area contributed by atoms with E-state index in [1.165, 1.54) is 35.9 Å². The average molecular weight is 300 g/mol. The van der Waals surface area contributed by atoms with Gasteiger partial charge in [-0.1, -0.05) is 0 Å². The van der Waals surface area contributed by atoms with Crippen molar-refractivity contribution >= 4 is 10.0 Å². The third-order valence-corrected chi connectivity index (χ3v) is 3.40. The van der Waals surface area contributed by atoms with Gasteiger partial charge in [0.2, 0.25) is 0 Å². The minimum Gasteiger partial charge on any atom is -0.383 e. The maximum Gasteiger partial charge on any atom is 0.273 e. The number of aromatic nitrogens is 3. The minimum absolute atomic E-state index is 0.210. The molecular formula is C11H13FN4O3S. The predicted molar refractivity (Wildman–Crippen MR) is 68.7 cm³/mol. The Balaban J connectivity index is 2.53. The Bertz CT molecular complexity index is 697. The van der Waals surface area contributed by atoms with Crippen LogP contribution in [0, 0.1) is 5.82 Å². The van der Waals surface area contributed by atoms with E-state index in [0.29, 0.717) is 5.56 Å². The molecule has 1 heterocycles. The molecule has 2 aromatic rings. The highest BCUT2D eigenvalue weighted by Gasteiger charge is 2.21. The number of hydrogen-bond donors (Lipinski definition) is 1. The van der Waals surface area contributed by atoms with Crippen LogP contribution in [-0.2, 0) is 21.3 Å². The maximum absolute atomic E-state index is 12.9. The van der Waals surface area contributed by atoms with Crippen molar-refractivity contribution in [3.05, 3.63) is 30.1 Å². The molecule has 9 heteroatoms. The summed E-state index contributed by atoms with van der Waals surface area (Å²) in [6.07, 6.45) is 0. The zero-order chi connectivity index (χ0) is 14.8. The summed E-state index contributed by atoms with van der Waals surface area (Å²) in [5, 5.41) is 12.1. The molecule has 0 aliphatic heterocycles. The van der Waals surface area contributed by atoms with Gasteiger partial charge in [-0.05, 0) is 24.3 Å². The standard InChI is InChI=1S/C11H13FN4O3S/c1-19-7-6-16-10(8-2-4-9(12)5-3-8)14-15-11(16)20(13,17)18/h2-5H,6-7H2,1H3,(H2,13,17,18). The van der Waals surface area contributed by atoms with Gasteiger partial charge in [0.25, 0.3) is 15.2 Å². The second-order valence-electron chi connectivity index (χ2n) is 4.00. The summed E-state index contributed by atoms with van der Waals surface area (Å²) in [7, 11) is -2.51. The first-order chi connectivity index (χ1) is 9.43. The van der Waals surface area contributed by atoms with Gasteiger partial charge >= 0.3 is 0 Å². The zero-order valence-electron chi connectivity index (χ0n) is 10.7. The first-order valence-corrected chi connectivity index (χ1v) is 7.19. The van der Waals surface area contributed by atoms with Crippen molar-refractivity contribution in [3.63, 3.8) is 0 Å². The Kier molecular flexibility index (Phi) is 4.12. The van der Waals surface area contributed by atoms with E-state index in [9.17, 15) is 12.8 Å². The smallest absolute Gasteiger partial charge is 0.273 e. The summed E-state index contributed by atoms with van der Waals surface area (Å²) in [6, 6.07) is 5.47. The van der Waals surface area contributed by atoms with Gasteiger partial charge in [0.1, 0.15) is 5.82 Å². The summed E-state index contributed by atoms with van der Waals surface area (Å²) < 4.78 is 42.1. The van der Waals surface area contributed by atoms with E-state index < -0.39 is 15.8 Å². The monoisotopic (exact) mass is 300 g/mol. The second-order valence-corrected chi connectivity index (χ2v) is 5.46. The molecule has 0 saturated heterocycles. The van der Waals surface area contributed by atoms with Gasteiger partial charge in [0.15, 0.2) is 5.82 Å². The summed E-state index contributed by atoms with van der Waals surface area (Å²) in [5.41, 5.74) is 0.532. The van der Waals surface area contributed by atoms with Crippen molar-refractivity contribution in [2.45, 2.75) is 11.7 Å². The van der Waals surface area contributed by atoms with Crippen LogP contribution in [0.5, 0.6) is 0 Å². The number of halogens is 1. The Morgan fingerprint density at radius 1 is 1.30 bits per heavy atom. The fourth-order valence-corrected chi connectivity index (χ4v) is 2.34. The molecule has 0 fully saturated rings. The number of methoxy groups -OCH3 is 1. The van der Waals surface area contributed by atoms with Crippen molar-refractivity contribution in [3.8, 4) is 11.4 Å². The Labute approximate surface area is 115 Å². The van der Waals surface area contributed by atoms with Crippen molar-refractivity contribution in [1.82, 2.24) is 14.8 Å². The fraction of sp³-hybridized carbons (Fsp3) is 0.273. The number of sulfonamides is 1. The Morgan fingerprint density at radius 3 is 2.50 bits per heavy atom. The van der Waals surface area contributed by atoms with Crippen LogP contribution in [0.25, 0.3) is 11.4 Å². The lowest BCUT2D eigenvalue weighted by Gasteiger charge is -2.08. The summed E-state index contributed by atoms with van der Waals surface area (Å²) in [4.78, 5) is 0. The molecule has 0 unspecified atom stereocenters. The van der Waals surface area contributed by atoms with E-state index in [2.05, 4.69) is 10.2 Å². The van der Waals surface area contributed by atoms with Crippen LogP contribution >= 0.6 is 0 Å². The molecule has 20 heavy (non-hydrogen) atoms. The highest BCUT2D eigenvalue weighted by molar-refractivity contribution is 7.89. The SMILES string of the molecule is COCCn1c(-c2ccc(F)cc2)nnc1S(N)(=O)=O. The molecule has 0 saturated carbocycles. The van der Waals surface area contributed by atoms with Crippen LogP contribution in [0.4, 0.5) is 4.39 Å². The van der Waals surface area contributed by atoms with Crippen molar-refractivity contribution in [2.24, 2.45) is 5.14 Å². The van der Waals surface area contributed by atoms with Crippen LogP contribution in [-0.4, -0.2) is 36.9 Å². The van der Waals surface area contributed by atoms with Crippen LogP contribution in [0.15, 0.2) is 29.4 Å². The topological polar surface area (TPSA) is 100 Å². The minimum atomic E-state index is -4.00.